The molecule has 25 heavy (non-hydrogen) atoms. The Morgan fingerprint density at radius 3 is 2.20 bits per heavy atom. The summed E-state index contributed by atoms with van der Waals surface area (Å²) in [6, 6.07) is 1.77. The van der Waals surface area contributed by atoms with E-state index in [-0.39, 0.29) is 32.0 Å². The number of halogens is 4. The van der Waals surface area contributed by atoms with Gasteiger partial charge in [0.25, 0.3) is 11.8 Å². The number of amidine groups is 1. The van der Waals surface area contributed by atoms with Crippen LogP contribution in [0.5, 0.6) is 0 Å². The molecule has 6 nitrogen and oxygen atoms in total. The zero-order chi connectivity index (χ0) is 18.8. The zero-order valence-corrected chi connectivity index (χ0v) is 13.3. The van der Waals surface area contributed by atoms with Crippen molar-refractivity contribution >= 4 is 17.6 Å². The first-order chi connectivity index (χ1) is 11.6. The van der Waals surface area contributed by atoms with E-state index in [1.807, 2.05) is 0 Å². The van der Waals surface area contributed by atoms with E-state index in [0.29, 0.717) is 18.2 Å². The first-order valence-electron chi connectivity index (χ1n) is 7.36. The summed E-state index contributed by atoms with van der Waals surface area (Å²) in [7, 11) is 1.37. The number of alkyl halides is 3. The van der Waals surface area contributed by atoms with E-state index in [1.165, 1.54) is 11.9 Å². The van der Waals surface area contributed by atoms with Crippen LogP contribution in [0.15, 0.2) is 18.2 Å². The maximum atomic E-state index is 13.3. The van der Waals surface area contributed by atoms with E-state index in [4.69, 9.17) is 5.41 Å². The molecule has 2 amide bonds. The molecule has 0 saturated carbocycles. The van der Waals surface area contributed by atoms with E-state index in [2.05, 4.69) is 5.32 Å². The van der Waals surface area contributed by atoms with Crippen molar-refractivity contribution in [1.82, 2.24) is 15.1 Å². The Kier molecular flexibility index (Phi) is 5.29. The fourth-order valence-corrected chi connectivity index (χ4v) is 2.51. The molecule has 1 heterocycles. The lowest BCUT2D eigenvalue weighted by Crippen LogP contribution is -2.53. The average Bonchev–Trinajstić information content (AvgIpc) is 2.58. The normalized spacial score (nSPS) is 15.1. The molecule has 1 aliphatic rings. The van der Waals surface area contributed by atoms with Gasteiger partial charge in [-0.05, 0) is 18.2 Å². The van der Waals surface area contributed by atoms with Gasteiger partial charge in [-0.1, -0.05) is 0 Å². The zero-order valence-electron chi connectivity index (χ0n) is 13.3. The minimum atomic E-state index is -4.78. The summed E-state index contributed by atoms with van der Waals surface area (Å²) in [5.41, 5.74) is -1.94. The Bertz CT molecular complexity index is 697. The summed E-state index contributed by atoms with van der Waals surface area (Å²) in [6.45, 7) is 0.279. The fourth-order valence-electron chi connectivity index (χ4n) is 2.51. The number of nitrogens with one attached hydrogen (secondary N) is 2. The highest BCUT2D eigenvalue weighted by Crippen LogP contribution is 2.33. The van der Waals surface area contributed by atoms with E-state index in [0.717, 1.165) is 4.90 Å². The van der Waals surface area contributed by atoms with Gasteiger partial charge in [0.15, 0.2) is 5.84 Å². The highest BCUT2D eigenvalue weighted by Gasteiger charge is 2.37. The third-order valence-electron chi connectivity index (χ3n) is 3.84. The van der Waals surface area contributed by atoms with Gasteiger partial charge in [-0.3, -0.25) is 15.0 Å². The van der Waals surface area contributed by atoms with Crippen LogP contribution in [0.3, 0.4) is 0 Å². The minimum Gasteiger partial charge on any atom is -0.352 e. The fraction of sp³-hybridized carbons (Fsp3) is 0.400. The number of hydrogen-bond acceptors (Lipinski definition) is 3. The van der Waals surface area contributed by atoms with Crippen LogP contribution in [-0.2, 0) is 11.0 Å². The number of likely N-dealkylation sites (N-methyl/N-ethyl adjacent to an activating group) is 1. The molecular formula is C15H16F4N4O2. The molecule has 0 aliphatic carbocycles. The van der Waals surface area contributed by atoms with Crippen LogP contribution in [0.2, 0.25) is 0 Å². The summed E-state index contributed by atoms with van der Waals surface area (Å²) in [5, 5.41) is 9.98. The van der Waals surface area contributed by atoms with E-state index < -0.39 is 34.9 Å². The summed E-state index contributed by atoms with van der Waals surface area (Å²) < 4.78 is 52.4. The quantitative estimate of drug-likeness (QED) is 0.451. The second-order valence-corrected chi connectivity index (χ2v) is 5.39. The molecule has 0 atom stereocenters. The summed E-state index contributed by atoms with van der Waals surface area (Å²) in [5.74, 6) is -2.74. The largest absolute Gasteiger partial charge is 0.417 e. The minimum absolute atomic E-state index is 0.0199. The molecular weight excluding hydrogens is 344 g/mol. The van der Waals surface area contributed by atoms with Crippen LogP contribution in [0.25, 0.3) is 0 Å². The lowest BCUT2D eigenvalue weighted by Gasteiger charge is -2.35. The van der Waals surface area contributed by atoms with Crippen molar-refractivity contribution in [2.75, 3.05) is 33.2 Å². The number of carbonyl (C=O) groups excluding carboxylic acids is 2. The maximum absolute atomic E-state index is 13.3. The number of amides is 2. The molecule has 1 aromatic carbocycles. The number of rotatable bonds is 1. The number of carbonyl (C=O) groups is 2. The number of hydrogen-bond donors (Lipinski definition) is 2. The van der Waals surface area contributed by atoms with Crippen molar-refractivity contribution in [3.63, 3.8) is 0 Å². The molecule has 0 bridgehead atoms. The van der Waals surface area contributed by atoms with Gasteiger partial charge in [-0.25, -0.2) is 4.39 Å². The predicted octanol–water partition coefficient (Wildman–Crippen LogP) is 1.33. The summed E-state index contributed by atoms with van der Waals surface area (Å²) in [6.07, 6.45) is -4.78. The Morgan fingerprint density at radius 2 is 1.68 bits per heavy atom. The summed E-state index contributed by atoms with van der Waals surface area (Å²) in [4.78, 5) is 26.4. The highest BCUT2D eigenvalue weighted by atomic mass is 19.4. The van der Waals surface area contributed by atoms with Crippen molar-refractivity contribution in [2.45, 2.75) is 6.18 Å². The van der Waals surface area contributed by atoms with Crippen molar-refractivity contribution < 1.29 is 27.2 Å². The van der Waals surface area contributed by atoms with Crippen LogP contribution >= 0.6 is 0 Å². The van der Waals surface area contributed by atoms with E-state index in [9.17, 15) is 27.2 Å². The second-order valence-electron chi connectivity index (χ2n) is 5.39. The summed E-state index contributed by atoms with van der Waals surface area (Å²) >= 11 is 0. The Labute approximate surface area is 140 Å². The molecule has 1 aliphatic heterocycles. The highest BCUT2D eigenvalue weighted by molar-refractivity contribution is 6.36. The predicted molar refractivity (Wildman–Crippen MR) is 80.7 cm³/mol. The SMILES string of the molecule is CNC(=O)C(=N)N1CCN(C(=O)c2cc(F)ccc2C(F)(F)F)CC1. The van der Waals surface area contributed by atoms with Gasteiger partial charge in [0, 0.05) is 33.2 Å². The molecule has 0 spiro atoms. The van der Waals surface area contributed by atoms with Crippen molar-refractivity contribution in [3.05, 3.63) is 35.1 Å². The molecule has 1 saturated heterocycles. The molecule has 2 N–H and O–H groups in total. The molecule has 0 unspecified atom stereocenters. The van der Waals surface area contributed by atoms with Gasteiger partial charge in [0.05, 0.1) is 11.1 Å². The molecule has 0 radical (unpaired) electrons. The first-order valence-corrected chi connectivity index (χ1v) is 7.36. The van der Waals surface area contributed by atoms with Gasteiger partial charge in [-0.15, -0.1) is 0 Å². The topological polar surface area (TPSA) is 76.5 Å². The molecule has 10 heteroatoms. The van der Waals surface area contributed by atoms with Gasteiger partial charge < -0.3 is 15.1 Å². The Hall–Kier alpha value is -2.65. The van der Waals surface area contributed by atoms with Crippen molar-refractivity contribution in [1.29, 1.82) is 5.41 Å². The van der Waals surface area contributed by atoms with Gasteiger partial charge >= 0.3 is 6.18 Å². The second kappa shape index (κ2) is 7.08. The van der Waals surface area contributed by atoms with Crippen molar-refractivity contribution in [3.8, 4) is 0 Å². The van der Waals surface area contributed by atoms with Crippen LogP contribution in [-0.4, -0.2) is 60.7 Å². The van der Waals surface area contributed by atoms with E-state index in [1.54, 1.807) is 0 Å². The van der Waals surface area contributed by atoms with E-state index >= 15 is 0 Å². The van der Waals surface area contributed by atoms with Crippen LogP contribution in [0.4, 0.5) is 17.6 Å². The van der Waals surface area contributed by atoms with Gasteiger partial charge in [-0.2, -0.15) is 13.2 Å². The lowest BCUT2D eigenvalue weighted by molar-refractivity contribution is -0.138. The smallest absolute Gasteiger partial charge is 0.352 e. The molecule has 2 rings (SSSR count). The standard InChI is InChI=1S/C15H16F4N4O2/c1-21-13(24)12(20)22-4-6-23(7-5-22)14(25)10-8-9(16)2-3-11(10)15(17,18)19/h2-3,8,20H,4-7H2,1H3,(H,21,24). The van der Waals surface area contributed by atoms with Gasteiger partial charge in [0.1, 0.15) is 5.82 Å². The molecule has 1 aromatic rings. The van der Waals surface area contributed by atoms with Gasteiger partial charge in [0.2, 0.25) is 0 Å². The monoisotopic (exact) mass is 360 g/mol. The molecule has 0 aromatic heterocycles. The molecule has 1 fully saturated rings. The Balaban J connectivity index is 2.15. The molecule has 136 valence electrons. The third-order valence-corrected chi connectivity index (χ3v) is 3.84. The third kappa shape index (κ3) is 4.06. The average molecular weight is 360 g/mol. The number of nitrogens with zero attached hydrogens (tertiary/aromatic N) is 2. The lowest BCUT2D eigenvalue weighted by atomic mass is 10.0. The van der Waals surface area contributed by atoms with Crippen molar-refractivity contribution in [2.24, 2.45) is 0 Å². The first kappa shape index (κ1) is 18.7. The number of piperazine rings is 1. The van der Waals surface area contributed by atoms with Crippen LogP contribution in [0.1, 0.15) is 15.9 Å². The number of benzene rings is 1. The van der Waals surface area contributed by atoms with Crippen LogP contribution in [0, 0.1) is 11.2 Å². The maximum Gasteiger partial charge on any atom is 0.417 e. The van der Waals surface area contributed by atoms with Crippen LogP contribution < -0.4 is 5.32 Å². The Morgan fingerprint density at radius 1 is 1.12 bits per heavy atom.